The van der Waals surface area contributed by atoms with Gasteiger partial charge in [0.15, 0.2) is 0 Å². The number of alkyl halides is 3. The van der Waals surface area contributed by atoms with E-state index in [2.05, 4.69) is 15.4 Å². The van der Waals surface area contributed by atoms with E-state index in [1.165, 1.54) is 12.1 Å². The molecule has 1 saturated heterocycles. The number of hydrogen-bond acceptors (Lipinski definition) is 6. The minimum Gasteiger partial charge on any atom is -0.366 e. The maximum absolute atomic E-state index is 13.9. The van der Waals surface area contributed by atoms with Gasteiger partial charge < -0.3 is 15.1 Å². The standard InChI is InChI=1S/C31H33F3N5O4S/c1-44(42,43)37-25-8-4-5-9-27(25)38-16-18-39(19-17-38)30(41)26(20-21-10-12-23(13-11-21)31(32,33)34)36-29(40)28-24-7-3-2-6-22(24)14-15-35-28/h2-13,15,26,28,35,37H,14,16-20H2,1H3,(H,36,40)/t26-,28?/m1/s1. The maximum Gasteiger partial charge on any atom is 0.416 e. The van der Waals surface area contributed by atoms with Gasteiger partial charge in [0.05, 0.1) is 23.2 Å². The summed E-state index contributed by atoms with van der Waals surface area (Å²) in [5.74, 6) is -0.772. The fourth-order valence-electron chi connectivity index (χ4n) is 5.54. The monoisotopic (exact) mass is 628 g/mol. The zero-order valence-corrected chi connectivity index (χ0v) is 24.8. The molecule has 3 aromatic carbocycles. The molecule has 0 aromatic heterocycles. The van der Waals surface area contributed by atoms with Crippen molar-refractivity contribution in [1.29, 1.82) is 0 Å². The third kappa shape index (κ3) is 7.51. The SMILES string of the molecule is CS(=O)(=O)Nc1ccccc1N1CCN(C(=O)[C@@H](Cc2ccc(C(F)(F)F)cc2)NC(=O)C2N[CH]Cc3ccccc32)CC1. The van der Waals surface area contributed by atoms with E-state index < -0.39 is 39.8 Å². The fraction of sp³-hybridized carbons (Fsp3) is 0.323. The molecule has 3 N–H and O–H groups in total. The van der Waals surface area contributed by atoms with Crippen LogP contribution in [0.3, 0.4) is 0 Å². The number of rotatable bonds is 8. The van der Waals surface area contributed by atoms with E-state index in [9.17, 15) is 31.2 Å². The van der Waals surface area contributed by atoms with E-state index in [0.29, 0.717) is 49.5 Å². The van der Waals surface area contributed by atoms with Crippen LogP contribution in [0, 0.1) is 6.54 Å². The van der Waals surface area contributed by atoms with Crippen LogP contribution in [0.25, 0.3) is 0 Å². The lowest BCUT2D eigenvalue weighted by molar-refractivity contribution is -0.138. The van der Waals surface area contributed by atoms with E-state index in [-0.39, 0.29) is 12.3 Å². The molecule has 0 aliphatic carbocycles. The molecular weight excluding hydrogens is 595 g/mol. The van der Waals surface area contributed by atoms with Crippen LogP contribution in [0.15, 0.2) is 72.8 Å². The summed E-state index contributed by atoms with van der Waals surface area (Å²) in [6.07, 6.45) is -2.78. The molecule has 44 heavy (non-hydrogen) atoms. The van der Waals surface area contributed by atoms with Crippen LogP contribution in [0.2, 0.25) is 0 Å². The number of fused-ring (bicyclic) bond motifs is 1. The van der Waals surface area contributed by atoms with E-state index in [0.717, 1.165) is 29.5 Å². The predicted molar refractivity (Wildman–Crippen MR) is 161 cm³/mol. The first-order valence-corrected chi connectivity index (χ1v) is 16.0. The van der Waals surface area contributed by atoms with Gasteiger partial charge in [-0.1, -0.05) is 48.5 Å². The third-order valence-electron chi connectivity index (χ3n) is 7.70. The highest BCUT2D eigenvalue weighted by Gasteiger charge is 2.34. The number of hydrogen-bond donors (Lipinski definition) is 3. The van der Waals surface area contributed by atoms with Crippen LogP contribution in [-0.4, -0.2) is 63.6 Å². The Morgan fingerprint density at radius 1 is 0.955 bits per heavy atom. The van der Waals surface area contributed by atoms with Crippen molar-refractivity contribution >= 4 is 33.2 Å². The van der Waals surface area contributed by atoms with Crippen molar-refractivity contribution in [2.45, 2.75) is 31.1 Å². The number of nitrogens with zero attached hydrogens (tertiary/aromatic N) is 2. The first kappa shape index (κ1) is 31.3. The highest BCUT2D eigenvalue weighted by molar-refractivity contribution is 7.92. The molecule has 0 spiro atoms. The van der Waals surface area contributed by atoms with Crippen LogP contribution in [0.5, 0.6) is 0 Å². The zero-order chi connectivity index (χ0) is 31.5. The first-order valence-electron chi connectivity index (χ1n) is 14.1. The van der Waals surface area contributed by atoms with Crippen molar-refractivity contribution in [3.8, 4) is 0 Å². The second-order valence-electron chi connectivity index (χ2n) is 10.9. The summed E-state index contributed by atoms with van der Waals surface area (Å²) < 4.78 is 65.7. The number of halogens is 3. The first-order chi connectivity index (χ1) is 20.9. The summed E-state index contributed by atoms with van der Waals surface area (Å²) in [6.45, 7) is 3.19. The van der Waals surface area contributed by atoms with Crippen molar-refractivity contribution in [3.63, 3.8) is 0 Å². The smallest absolute Gasteiger partial charge is 0.366 e. The molecular formula is C31H33F3N5O4S. The van der Waals surface area contributed by atoms with Crippen molar-refractivity contribution in [1.82, 2.24) is 15.5 Å². The van der Waals surface area contributed by atoms with Crippen molar-refractivity contribution in [3.05, 3.63) is 102 Å². The normalized spacial score (nSPS) is 17.9. The number of nitrogens with one attached hydrogen (secondary N) is 3. The summed E-state index contributed by atoms with van der Waals surface area (Å²) >= 11 is 0. The number of sulfonamides is 1. The van der Waals surface area contributed by atoms with Gasteiger partial charge in [0.2, 0.25) is 21.8 Å². The molecule has 0 saturated carbocycles. The second kappa shape index (κ2) is 12.9. The lowest BCUT2D eigenvalue weighted by Gasteiger charge is -2.38. The Hall–Kier alpha value is -4.10. The molecule has 2 atom stereocenters. The Balaban J connectivity index is 1.33. The van der Waals surface area contributed by atoms with Gasteiger partial charge in [-0.05, 0) is 47.4 Å². The van der Waals surface area contributed by atoms with E-state index in [1.54, 1.807) is 35.7 Å². The molecule has 5 rings (SSSR count). The molecule has 2 aliphatic heterocycles. The lowest BCUT2D eigenvalue weighted by Crippen LogP contribution is -2.56. The van der Waals surface area contributed by atoms with E-state index >= 15 is 0 Å². The third-order valence-corrected chi connectivity index (χ3v) is 8.29. The van der Waals surface area contributed by atoms with Crippen LogP contribution in [0.4, 0.5) is 24.5 Å². The Labute approximate surface area is 254 Å². The summed E-state index contributed by atoms with van der Waals surface area (Å²) in [4.78, 5) is 31.0. The van der Waals surface area contributed by atoms with Gasteiger partial charge in [-0.3, -0.25) is 19.6 Å². The number of amides is 2. The van der Waals surface area contributed by atoms with Crippen LogP contribution in [0.1, 0.15) is 28.3 Å². The topological polar surface area (TPSA) is 111 Å². The van der Waals surface area contributed by atoms with Gasteiger partial charge in [0.25, 0.3) is 0 Å². The maximum atomic E-state index is 13.9. The average molecular weight is 629 g/mol. The number of benzene rings is 3. The molecule has 2 heterocycles. The predicted octanol–water partition coefficient (Wildman–Crippen LogP) is 3.50. The van der Waals surface area contributed by atoms with Gasteiger partial charge in [-0.25, -0.2) is 8.42 Å². The average Bonchev–Trinajstić information content (AvgIpc) is 2.99. The van der Waals surface area contributed by atoms with Gasteiger partial charge in [0.1, 0.15) is 12.1 Å². The zero-order valence-electron chi connectivity index (χ0n) is 24.0. The Morgan fingerprint density at radius 2 is 1.61 bits per heavy atom. The number of carbonyl (C=O) groups excluding carboxylic acids is 2. The number of piperazine rings is 1. The molecule has 233 valence electrons. The molecule has 1 radical (unpaired) electrons. The summed E-state index contributed by atoms with van der Waals surface area (Å²) in [5.41, 5.74) is 2.56. The second-order valence-corrected chi connectivity index (χ2v) is 12.6. The molecule has 0 bridgehead atoms. The number of para-hydroxylation sites is 2. The van der Waals surface area contributed by atoms with E-state index in [4.69, 9.17) is 0 Å². The van der Waals surface area contributed by atoms with Crippen molar-refractivity contribution in [2.75, 3.05) is 42.1 Å². The lowest BCUT2D eigenvalue weighted by atomic mass is 9.93. The van der Waals surface area contributed by atoms with Crippen molar-refractivity contribution in [2.24, 2.45) is 0 Å². The van der Waals surface area contributed by atoms with E-state index in [1.807, 2.05) is 29.2 Å². The largest absolute Gasteiger partial charge is 0.416 e. The van der Waals surface area contributed by atoms with Crippen molar-refractivity contribution < 1.29 is 31.2 Å². The Bertz CT molecular complexity index is 1610. The van der Waals surface area contributed by atoms with Gasteiger partial charge in [0, 0.05) is 39.1 Å². The minimum absolute atomic E-state index is 0.00210. The molecule has 1 fully saturated rings. The minimum atomic E-state index is -4.49. The van der Waals surface area contributed by atoms with Gasteiger partial charge in [-0.15, -0.1) is 0 Å². The quantitative estimate of drug-likeness (QED) is 0.353. The number of carbonyl (C=O) groups is 2. The van der Waals surface area contributed by atoms with Gasteiger partial charge in [-0.2, -0.15) is 13.2 Å². The highest BCUT2D eigenvalue weighted by atomic mass is 32.2. The van der Waals surface area contributed by atoms with Crippen LogP contribution >= 0.6 is 0 Å². The summed E-state index contributed by atoms with van der Waals surface area (Å²) in [7, 11) is -3.51. The Morgan fingerprint density at radius 3 is 2.30 bits per heavy atom. The molecule has 2 amide bonds. The van der Waals surface area contributed by atoms with Crippen LogP contribution < -0.4 is 20.3 Å². The summed E-state index contributed by atoms with van der Waals surface area (Å²) in [6, 6.07) is 17.3. The highest BCUT2D eigenvalue weighted by Crippen LogP contribution is 2.30. The Kier molecular flexibility index (Phi) is 9.16. The molecule has 2 aliphatic rings. The molecule has 3 aromatic rings. The molecule has 1 unspecified atom stereocenters. The molecule has 13 heteroatoms. The summed E-state index contributed by atoms with van der Waals surface area (Å²) in [5, 5.41) is 5.96. The number of anilines is 2. The fourth-order valence-corrected chi connectivity index (χ4v) is 6.11. The van der Waals surface area contributed by atoms with Crippen LogP contribution in [-0.2, 0) is 38.6 Å². The van der Waals surface area contributed by atoms with Gasteiger partial charge >= 0.3 is 6.18 Å². The molecule has 9 nitrogen and oxygen atoms in total.